The molecule has 0 radical (unpaired) electrons. The van der Waals surface area contributed by atoms with E-state index < -0.39 is 0 Å². The maximum absolute atomic E-state index is 11.4. The van der Waals surface area contributed by atoms with Crippen LogP contribution in [0.2, 0.25) is 0 Å². The highest BCUT2D eigenvalue weighted by Crippen LogP contribution is 2.11. The van der Waals surface area contributed by atoms with Crippen molar-refractivity contribution < 1.29 is 4.74 Å². The number of nitrogens with zero attached hydrogens (tertiary/aromatic N) is 1. The topological polar surface area (TPSA) is 90.1 Å². The van der Waals surface area contributed by atoms with Gasteiger partial charge in [0.15, 0.2) is 0 Å². The van der Waals surface area contributed by atoms with E-state index in [1.54, 1.807) is 24.3 Å². The number of aromatic amines is 1. The van der Waals surface area contributed by atoms with Crippen molar-refractivity contribution in [2.75, 3.05) is 6.61 Å². The van der Waals surface area contributed by atoms with Crippen LogP contribution in [0.1, 0.15) is 5.56 Å². The van der Waals surface area contributed by atoms with Gasteiger partial charge in [-0.05, 0) is 24.3 Å². The SMILES string of the molecule is NC(=S)c1ccc(OCCn2[nH]c(=O)ccc2=O)cc1. The van der Waals surface area contributed by atoms with Gasteiger partial charge in [-0.25, -0.2) is 4.68 Å². The molecule has 0 unspecified atom stereocenters. The number of hydrogen-bond acceptors (Lipinski definition) is 4. The molecule has 0 saturated heterocycles. The maximum atomic E-state index is 11.4. The number of benzene rings is 1. The minimum Gasteiger partial charge on any atom is -0.492 e. The van der Waals surface area contributed by atoms with Crippen molar-refractivity contribution in [3.05, 3.63) is 62.7 Å². The second-order valence-corrected chi connectivity index (χ2v) is 4.48. The molecule has 104 valence electrons. The summed E-state index contributed by atoms with van der Waals surface area (Å²) in [5, 5.41) is 2.42. The lowest BCUT2D eigenvalue weighted by Gasteiger charge is -2.08. The molecule has 0 fully saturated rings. The van der Waals surface area contributed by atoms with Crippen LogP contribution >= 0.6 is 12.2 Å². The molecule has 0 saturated carbocycles. The Morgan fingerprint density at radius 3 is 2.55 bits per heavy atom. The Kier molecular flexibility index (Phi) is 4.31. The van der Waals surface area contributed by atoms with Crippen molar-refractivity contribution in [2.45, 2.75) is 6.54 Å². The second-order valence-electron chi connectivity index (χ2n) is 4.04. The summed E-state index contributed by atoms with van der Waals surface area (Å²) in [6.45, 7) is 0.512. The van der Waals surface area contributed by atoms with E-state index in [1.165, 1.54) is 16.8 Å². The zero-order valence-electron chi connectivity index (χ0n) is 10.5. The highest BCUT2D eigenvalue weighted by molar-refractivity contribution is 7.80. The molecule has 6 nitrogen and oxygen atoms in total. The van der Waals surface area contributed by atoms with Crippen LogP contribution in [0.3, 0.4) is 0 Å². The molecule has 1 heterocycles. The summed E-state index contributed by atoms with van der Waals surface area (Å²) in [5.74, 6) is 0.635. The Hall–Kier alpha value is -2.41. The first-order valence-corrected chi connectivity index (χ1v) is 6.30. The number of hydrogen-bond donors (Lipinski definition) is 2. The van der Waals surface area contributed by atoms with Crippen LogP contribution in [0.5, 0.6) is 5.75 Å². The Bertz CT molecular complexity index is 719. The predicted molar refractivity (Wildman–Crippen MR) is 79.1 cm³/mol. The molecule has 0 bridgehead atoms. The molecule has 7 heteroatoms. The highest BCUT2D eigenvalue weighted by Gasteiger charge is 1.99. The van der Waals surface area contributed by atoms with E-state index in [4.69, 9.17) is 22.7 Å². The molecular weight excluding hydrogens is 278 g/mol. The molecule has 0 atom stereocenters. The Morgan fingerprint density at radius 2 is 1.90 bits per heavy atom. The van der Waals surface area contributed by atoms with Crippen molar-refractivity contribution in [3.8, 4) is 5.75 Å². The largest absolute Gasteiger partial charge is 0.492 e. The van der Waals surface area contributed by atoms with Crippen LogP contribution in [0.25, 0.3) is 0 Å². The number of H-pyrrole nitrogens is 1. The van der Waals surface area contributed by atoms with Gasteiger partial charge in [0, 0.05) is 17.7 Å². The van der Waals surface area contributed by atoms with Crippen molar-refractivity contribution in [1.29, 1.82) is 0 Å². The number of rotatable bonds is 5. The summed E-state index contributed by atoms with van der Waals surface area (Å²) in [6.07, 6.45) is 0. The van der Waals surface area contributed by atoms with E-state index in [1.807, 2.05) is 0 Å². The van der Waals surface area contributed by atoms with Gasteiger partial charge in [0.1, 0.15) is 17.3 Å². The van der Waals surface area contributed by atoms with Gasteiger partial charge < -0.3 is 10.5 Å². The van der Waals surface area contributed by atoms with E-state index in [0.29, 0.717) is 10.7 Å². The number of aromatic nitrogens is 2. The van der Waals surface area contributed by atoms with Crippen LogP contribution in [0.15, 0.2) is 46.0 Å². The van der Waals surface area contributed by atoms with E-state index in [-0.39, 0.29) is 24.3 Å². The Labute approximate surface area is 119 Å². The second kappa shape index (κ2) is 6.16. The number of nitrogens with two attached hydrogens (primary N) is 1. The first-order valence-electron chi connectivity index (χ1n) is 5.89. The van der Waals surface area contributed by atoms with Gasteiger partial charge >= 0.3 is 0 Å². The highest BCUT2D eigenvalue weighted by atomic mass is 32.1. The van der Waals surface area contributed by atoms with Gasteiger partial charge in [-0.15, -0.1) is 0 Å². The third kappa shape index (κ3) is 3.55. The normalized spacial score (nSPS) is 10.2. The monoisotopic (exact) mass is 291 g/mol. The number of ether oxygens (including phenoxy) is 1. The standard InChI is InChI=1S/C13H13N3O3S/c14-13(20)9-1-3-10(4-2-9)19-8-7-16-12(18)6-5-11(17)15-16/h1-6H,7-8H2,(H2,14,20)(H,15,17). The van der Waals surface area contributed by atoms with Gasteiger partial charge in [-0.2, -0.15) is 0 Å². The molecule has 2 aromatic rings. The molecule has 1 aromatic heterocycles. The molecule has 0 aliphatic carbocycles. The van der Waals surface area contributed by atoms with Gasteiger partial charge in [0.2, 0.25) is 0 Å². The summed E-state index contributed by atoms with van der Waals surface area (Å²) in [5.41, 5.74) is 5.64. The molecule has 0 aliphatic rings. The average Bonchev–Trinajstić information content (AvgIpc) is 2.43. The first-order chi connectivity index (χ1) is 9.56. The van der Waals surface area contributed by atoms with Gasteiger partial charge in [0.25, 0.3) is 11.1 Å². The third-order valence-electron chi connectivity index (χ3n) is 2.61. The Balaban J connectivity index is 1.96. The van der Waals surface area contributed by atoms with Crippen molar-refractivity contribution >= 4 is 17.2 Å². The fourth-order valence-electron chi connectivity index (χ4n) is 1.60. The summed E-state index contributed by atoms with van der Waals surface area (Å²) >= 11 is 4.85. The van der Waals surface area contributed by atoms with Crippen LogP contribution in [0.4, 0.5) is 0 Å². The average molecular weight is 291 g/mol. The van der Waals surface area contributed by atoms with E-state index in [0.717, 1.165) is 5.56 Å². The molecule has 0 aliphatic heterocycles. The van der Waals surface area contributed by atoms with E-state index >= 15 is 0 Å². The molecule has 1 aromatic carbocycles. The van der Waals surface area contributed by atoms with Crippen molar-refractivity contribution in [1.82, 2.24) is 9.78 Å². The molecule has 0 amide bonds. The summed E-state index contributed by atoms with van der Waals surface area (Å²) < 4.78 is 6.67. The zero-order chi connectivity index (χ0) is 14.5. The van der Waals surface area contributed by atoms with Gasteiger partial charge in [-0.3, -0.25) is 14.7 Å². The van der Waals surface area contributed by atoms with E-state index in [2.05, 4.69) is 5.10 Å². The van der Waals surface area contributed by atoms with Crippen LogP contribution in [-0.4, -0.2) is 21.4 Å². The first kappa shape index (κ1) is 14.0. The van der Waals surface area contributed by atoms with Crippen LogP contribution in [-0.2, 0) is 6.54 Å². The molecule has 20 heavy (non-hydrogen) atoms. The molecule has 3 N–H and O–H groups in total. The number of nitrogens with one attached hydrogen (secondary N) is 1. The molecule has 2 rings (SSSR count). The maximum Gasteiger partial charge on any atom is 0.265 e. The summed E-state index contributed by atoms with van der Waals surface area (Å²) in [4.78, 5) is 22.9. The van der Waals surface area contributed by atoms with Gasteiger partial charge in [-0.1, -0.05) is 12.2 Å². The smallest absolute Gasteiger partial charge is 0.265 e. The zero-order valence-corrected chi connectivity index (χ0v) is 11.4. The minimum absolute atomic E-state index is 0.256. The predicted octanol–water partition coefficient (Wildman–Crippen LogP) is 0.250. The molecular formula is C13H13N3O3S. The minimum atomic E-state index is -0.328. The summed E-state index contributed by atoms with van der Waals surface area (Å²) in [6, 6.07) is 9.41. The van der Waals surface area contributed by atoms with Crippen molar-refractivity contribution in [2.24, 2.45) is 5.73 Å². The lowest BCUT2D eigenvalue weighted by molar-refractivity contribution is 0.287. The van der Waals surface area contributed by atoms with Crippen molar-refractivity contribution in [3.63, 3.8) is 0 Å². The summed E-state index contributed by atoms with van der Waals surface area (Å²) in [7, 11) is 0. The Morgan fingerprint density at radius 1 is 1.20 bits per heavy atom. The fourth-order valence-corrected chi connectivity index (χ4v) is 1.73. The number of thiocarbonyl (C=S) groups is 1. The molecule has 0 spiro atoms. The lowest BCUT2D eigenvalue weighted by Crippen LogP contribution is -2.29. The third-order valence-corrected chi connectivity index (χ3v) is 2.85. The fraction of sp³-hybridized carbons (Fsp3) is 0.154. The van der Waals surface area contributed by atoms with Crippen LogP contribution < -0.4 is 21.6 Å². The van der Waals surface area contributed by atoms with E-state index in [9.17, 15) is 9.59 Å². The lowest BCUT2D eigenvalue weighted by atomic mass is 10.2. The van der Waals surface area contributed by atoms with Gasteiger partial charge in [0.05, 0.1) is 6.54 Å². The van der Waals surface area contributed by atoms with Crippen LogP contribution in [0, 0.1) is 0 Å². The quantitative estimate of drug-likeness (QED) is 0.771.